The maximum absolute atomic E-state index is 13.1. The van der Waals surface area contributed by atoms with Gasteiger partial charge in [0.15, 0.2) is 0 Å². The molecule has 2 N–H and O–H groups in total. The molecule has 0 saturated heterocycles. The lowest BCUT2D eigenvalue weighted by Gasteiger charge is -2.13. The topological polar surface area (TPSA) is 88.5 Å². The van der Waals surface area contributed by atoms with E-state index in [9.17, 15) is 4.79 Å². The second kappa shape index (κ2) is 6.06. The Hall–Kier alpha value is -3.00. The van der Waals surface area contributed by atoms with Gasteiger partial charge in [0.2, 0.25) is 0 Å². The molecule has 3 heterocycles. The molecule has 130 valence electrons. The number of fused-ring (bicyclic) bond motifs is 2. The molecular formula is C18H16N6OS. The van der Waals surface area contributed by atoms with Crippen molar-refractivity contribution in [3.05, 3.63) is 52.8 Å². The molecule has 0 aliphatic heterocycles. The Morgan fingerprint density at radius 1 is 1.23 bits per heavy atom. The van der Waals surface area contributed by atoms with Crippen molar-refractivity contribution in [2.75, 3.05) is 5.32 Å². The number of carbonyl (C=O) groups excluding carboxylic acids is 1. The minimum atomic E-state index is -0.110. The zero-order valence-corrected chi connectivity index (χ0v) is 14.7. The lowest BCUT2D eigenvalue weighted by molar-refractivity contribution is 0.102. The molecule has 1 aliphatic carbocycles. The molecule has 5 rings (SSSR count). The van der Waals surface area contributed by atoms with Gasteiger partial charge in [-0.2, -0.15) is 4.68 Å². The van der Waals surface area contributed by atoms with Crippen molar-refractivity contribution in [1.82, 2.24) is 25.2 Å². The molecule has 0 bridgehead atoms. The van der Waals surface area contributed by atoms with Crippen molar-refractivity contribution in [1.29, 1.82) is 0 Å². The first-order chi connectivity index (χ1) is 12.8. The van der Waals surface area contributed by atoms with Gasteiger partial charge in [-0.1, -0.05) is 6.07 Å². The molecule has 3 aromatic heterocycles. The molecule has 0 saturated carbocycles. The second-order valence-electron chi connectivity index (χ2n) is 6.38. The molecule has 1 amide bonds. The quantitative estimate of drug-likeness (QED) is 0.583. The van der Waals surface area contributed by atoms with Crippen molar-refractivity contribution in [3.8, 4) is 5.00 Å². The number of hydrogen-bond donors (Lipinski definition) is 2. The lowest BCUT2D eigenvalue weighted by Crippen LogP contribution is -2.16. The summed E-state index contributed by atoms with van der Waals surface area (Å²) in [7, 11) is 0. The first-order valence-electron chi connectivity index (χ1n) is 8.56. The van der Waals surface area contributed by atoms with Crippen LogP contribution in [0.3, 0.4) is 0 Å². The number of amides is 1. The molecule has 0 fully saturated rings. The third-order valence-corrected chi connectivity index (χ3v) is 6.03. The van der Waals surface area contributed by atoms with Crippen LogP contribution in [-0.4, -0.2) is 31.1 Å². The van der Waals surface area contributed by atoms with Gasteiger partial charge in [-0.15, -0.1) is 16.4 Å². The van der Waals surface area contributed by atoms with E-state index in [0.717, 1.165) is 52.8 Å². The van der Waals surface area contributed by atoms with Crippen LogP contribution in [0.15, 0.2) is 36.8 Å². The number of thiophene rings is 1. The number of benzene rings is 1. The van der Waals surface area contributed by atoms with E-state index in [0.29, 0.717) is 5.56 Å². The van der Waals surface area contributed by atoms with Crippen molar-refractivity contribution < 1.29 is 4.79 Å². The van der Waals surface area contributed by atoms with Gasteiger partial charge < -0.3 is 10.3 Å². The minimum absolute atomic E-state index is 0.110. The van der Waals surface area contributed by atoms with E-state index in [4.69, 9.17) is 0 Å². The smallest absolute Gasteiger partial charge is 0.259 e. The summed E-state index contributed by atoms with van der Waals surface area (Å²) >= 11 is 1.62. The number of aromatic nitrogens is 5. The van der Waals surface area contributed by atoms with Crippen molar-refractivity contribution in [2.45, 2.75) is 25.7 Å². The zero-order valence-electron chi connectivity index (χ0n) is 13.9. The van der Waals surface area contributed by atoms with E-state index in [1.165, 1.54) is 4.88 Å². The fourth-order valence-corrected chi connectivity index (χ4v) is 4.82. The maximum atomic E-state index is 13.1. The summed E-state index contributed by atoms with van der Waals surface area (Å²) in [5.74, 6) is -0.110. The van der Waals surface area contributed by atoms with Gasteiger partial charge in [-0.25, -0.2) is 0 Å². The maximum Gasteiger partial charge on any atom is 0.259 e. The SMILES string of the molecule is O=C(Nc1ccc2cc[nH]c2c1)c1c(-n2cnnn2)sc2c1CCCC2. The molecule has 0 radical (unpaired) electrons. The van der Waals surface area contributed by atoms with Gasteiger partial charge in [0.1, 0.15) is 11.3 Å². The highest BCUT2D eigenvalue weighted by Gasteiger charge is 2.27. The highest BCUT2D eigenvalue weighted by Crippen LogP contribution is 2.36. The van der Waals surface area contributed by atoms with Crippen LogP contribution in [0.2, 0.25) is 0 Å². The molecule has 1 aromatic carbocycles. The summed E-state index contributed by atoms with van der Waals surface area (Å²) in [6.07, 6.45) is 7.63. The summed E-state index contributed by atoms with van der Waals surface area (Å²) in [5, 5.41) is 16.4. The van der Waals surface area contributed by atoms with E-state index in [1.807, 2.05) is 30.5 Å². The molecule has 0 spiro atoms. The Balaban J connectivity index is 1.55. The molecule has 0 atom stereocenters. The van der Waals surface area contributed by atoms with E-state index in [1.54, 1.807) is 22.3 Å². The highest BCUT2D eigenvalue weighted by atomic mass is 32.1. The molecule has 1 aliphatic rings. The summed E-state index contributed by atoms with van der Waals surface area (Å²) in [6.45, 7) is 0. The number of rotatable bonds is 3. The van der Waals surface area contributed by atoms with Gasteiger partial charge >= 0.3 is 0 Å². The summed E-state index contributed by atoms with van der Waals surface area (Å²) < 4.78 is 1.59. The molecule has 26 heavy (non-hydrogen) atoms. The first-order valence-corrected chi connectivity index (χ1v) is 9.37. The van der Waals surface area contributed by atoms with Gasteiger partial charge in [0, 0.05) is 22.3 Å². The average molecular weight is 364 g/mol. The first kappa shape index (κ1) is 15.3. The molecule has 0 unspecified atom stereocenters. The third-order valence-electron chi connectivity index (χ3n) is 4.75. The van der Waals surface area contributed by atoms with Gasteiger partial charge in [-0.05, 0) is 65.3 Å². The Morgan fingerprint density at radius 2 is 2.15 bits per heavy atom. The molecule has 7 nitrogen and oxygen atoms in total. The van der Waals surface area contributed by atoms with Crippen molar-refractivity contribution in [2.24, 2.45) is 0 Å². The summed E-state index contributed by atoms with van der Waals surface area (Å²) in [6, 6.07) is 7.87. The number of nitrogens with zero attached hydrogens (tertiary/aromatic N) is 4. The number of hydrogen-bond acceptors (Lipinski definition) is 5. The number of nitrogens with one attached hydrogen (secondary N) is 2. The van der Waals surface area contributed by atoms with E-state index in [-0.39, 0.29) is 5.91 Å². The van der Waals surface area contributed by atoms with Crippen LogP contribution < -0.4 is 5.32 Å². The largest absolute Gasteiger partial charge is 0.361 e. The minimum Gasteiger partial charge on any atom is -0.361 e. The van der Waals surface area contributed by atoms with Crippen LogP contribution in [0.1, 0.15) is 33.6 Å². The predicted molar refractivity (Wildman–Crippen MR) is 99.9 cm³/mol. The Kier molecular flexibility index (Phi) is 3.56. The standard InChI is InChI=1S/C18H16N6OS/c25-17(21-12-6-5-11-7-8-19-14(11)9-12)16-13-3-1-2-4-15(13)26-18(16)24-10-20-22-23-24/h5-10,19H,1-4H2,(H,21,25). The predicted octanol–water partition coefficient (Wildman–Crippen LogP) is 3.34. The Bertz CT molecular complexity index is 1090. The molecule has 4 aromatic rings. The normalized spacial score (nSPS) is 13.7. The number of anilines is 1. The van der Waals surface area contributed by atoms with E-state index in [2.05, 4.69) is 25.8 Å². The summed E-state index contributed by atoms with van der Waals surface area (Å²) in [5.41, 5.74) is 3.60. The summed E-state index contributed by atoms with van der Waals surface area (Å²) in [4.78, 5) is 17.6. The fraction of sp³-hybridized carbons (Fsp3) is 0.222. The van der Waals surface area contributed by atoms with E-state index >= 15 is 0 Å². The fourth-order valence-electron chi connectivity index (χ4n) is 3.52. The van der Waals surface area contributed by atoms with Crippen LogP contribution in [0.25, 0.3) is 15.9 Å². The number of H-pyrrole nitrogens is 1. The molecular weight excluding hydrogens is 348 g/mol. The van der Waals surface area contributed by atoms with Crippen LogP contribution in [0, 0.1) is 0 Å². The monoisotopic (exact) mass is 364 g/mol. The number of carbonyl (C=O) groups is 1. The van der Waals surface area contributed by atoms with Gasteiger partial charge in [-0.3, -0.25) is 4.79 Å². The zero-order chi connectivity index (χ0) is 17.5. The highest BCUT2D eigenvalue weighted by molar-refractivity contribution is 7.15. The number of aromatic amines is 1. The van der Waals surface area contributed by atoms with Crippen LogP contribution in [0.5, 0.6) is 0 Å². The second-order valence-corrected chi connectivity index (χ2v) is 7.46. The van der Waals surface area contributed by atoms with Gasteiger partial charge in [0.05, 0.1) is 5.56 Å². The third kappa shape index (κ3) is 2.50. The number of tetrazole rings is 1. The lowest BCUT2D eigenvalue weighted by atomic mass is 9.95. The van der Waals surface area contributed by atoms with E-state index < -0.39 is 0 Å². The average Bonchev–Trinajstić information content (AvgIpc) is 3.39. The van der Waals surface area contributed by atoms with Crippen molar-refractivity contribution >= 4 is 33.8 Å². The van der Waals surface area contributed by atoms with Gasteiger partial charge in [0.25, 0.3) is 5.91 Å². The Morgan fingerprint density at radius 3 is 3.04 bits per heavy atom. The van der Waals surface area contributed by atoms with Crippen LogP contribution >= 0.6 is 11.3 Å². The van der Waals surface area contributed by atoms with Crippen LogP contribution in [-0.2, 0) is 12.8 Å². The number of aryl methyl sites for hydroxylation is 1. The van der Waals surface area contributed by atoms with Crippen LogP contribution in [0.4, 0.5) is 5.69 Å². The molecule has 8 heteroatoms. The Labute approximate surface area is 153 Å². The van der Waals surface area contributed by atoms with Crippen molar-refractivity contribution in [3.63, 3.8) is 0 Å².